The minimum absolute atomic E-state index is 0.0671. The fraction of sp³-hybridized carbons (Fsp3) is 0.0364. The Labute approximate surface area is 379 Å². The maximum atomic E-state index is 14.4. The lowest BCUT2D eigenvalue weighted by Crippen LogP contribution is -2.11. The highest BCUT2D eigenvalue weighted by molar-refractivity contribution is 6.11. The number of hydrogen-bond donors (Lipinski definition) is 0. The van der Waals surface area contributed by atoms with Crippen molar-refractivity contribution in [3.05, 3.63) is 204 Å². The zero-order valence-electron chi connectivity index (χ0n) is 34.8. The predicted molar refractivity (Wildman–Crippen MR) is 246 cm³/mol. The molecule has 0 atom stereocenters. The Hall–Kier alpha value is -8.87. The van der Waals surface area contributed by atoms with Crippen molar-refractivity contribution in [3.8, 4) is 85.4 Å². The topological polar surface area (TPSA) is 91.2 Å². The van der Waals surface area contributed by atoms with Crippen LogP contribution in [0.15, 0.2) is 182 Å². The molecule has 12 heteroatoms. The van der Waals surface area contributed by atoms with E-state index in [1.54, 1.807) is 36.4 Å². The van der Waals surface area contributed by atoms with Gasteiger partial charge in [-0.15, -0.1) is 0 Å². The van der Waals surface area contributed by atoms with Crippen molar-refractivity contribution < 1.29 is 26.3 Å². The van der Waals surface area contributed by atoms with Crippen LogP contribution in [0.4, 0.5) is 26.3 Å². The van der Waals surface area contributed by atoms with Gasteiger partial charge >= 0.3 is 12.4 Å². The van der Waals surface area contributed by atoms with Gasteiger partial charge in [0.15, 0.2) is 17.5 Å². The molecule has 0 aliphatic heterocycles. The number of hydrogen-bond acceptors (Lipinski definition) is 5. The summed E-state index contributed by atoms with van der Waals surface area (Å²) in [6, 6.07) is 54.9. The first-order chi connectivity index (χ1) is 32.3. The van der Waals surface area contributed by atoms with Gasteiger partial charge in [-0.25, -0.2) is 15.0 Å². The monoisotopic (exact) mass is 888 g/mol. The molecule has 6 nitrogen and oxygen atoms in total. The summed E-state index contributed by atoms with van der Waals surface area (Å²) >= 11 is 0. The fourth-order valence-electron chi connectivity index (χ4n) is 8.25. The van der Waals surface area contributed by atoms with Crippen LogP contribution in [0, 0.1) is 22.7 Å². The molecule has 0 radical (unpaired) electrons. The number of halogens is 6. The molecule has 2 heterocycles. The number of nitrogens with zero attached hydrogens (tertiary/aromatic N) is 6. The van der Waals surface area contributed by atoms with E-state index in [-0.39, 0.29) is 23.0 Å². The number of rotatable bonds is 7. The lowest BCUT2D eigenvalue weighted by molar-refractivity contribution is -0.143. The van der Waals surface area contributed by atoms with Gasteiger partial charge < -0.3 is 4.57 Å². The van der Waals surface area contributed by atoms with Crippen LogP contribution in [-0.2, 0) is 12.4 Å². The first kappa shape index (κ1) is 42.1. The first-order valence-corrected chi connectivity index (χ1v) is 20.8. The highest BCUT2D eigenvalue weighted by atomic mass is 19.4. The SMILES string of the molecule is N#Cc1ccc(-c2ccc3c4ccc(-c5ccc(C#N)cc5)cc4n(-c4cc(-c5cc(C(F)(F)F)cc(C(F)(F)F)c5)ccc4-c4nc(-c5ccccc5)nc(-c5ccccc5)n4)c3c2)cc1. The van der Waals surface area contributed by atoms with Crippen molar-refractivity contribution in [2.45, 2.75) is 12.4 Å². The molecule has 0 saturated heterocycles. The minimum atomic E-state index is -5.08. The second-order valence-corrected chi connectivity index (χ2v) is 15.7. The molecule has 0 saturated carbocycles. The van der Waals surface area contributed by atoms with E-state index in [9.17, 15) is 36.9 Å². The lowest BCUT2D eigenvalue weighted by atomic mass is 9.97. The zero-order valence-corrected chi connectivity index (χ0v) is 34.8. The maximum Gasteiger partial charge on any atom is 0.416 e. The van der Waals surface area contributed by atoms with Crippen LogP contribution >= 0.6 is 0 Å². The number of fused-ring (bicyclic) bond motifs is 3. The molecule has 0 spiro atoms. The third-order valence-electron chi connectivity index (χ3n) is 11.6. The summed E-state index contributed by atoms with van der Waals surface area (Å²) in [4.78, 5) is 14.9. The van der Waals surface area contributed by atoms with Crippen molar-refractivity contribution >= 4 is 21.8 Å². The van der Waals surface area contributed by atoms with Gasteiger partial charge in [0.05, 0.1) is 51.1 Å². The second-order valence-electron chi connectivity index (χ2n) is 15.7. The predicted octanol–water partition coefficient (Wildman–Crippen LogP) is 14.8. The Balaban J connectivity index is 1.32. The molecular weight excluding hydrogens is 859 g/mol. The van der Waals surface area contributed by atoms with E-state index in [4.69, 9.17) is 15.0 Å². The van der Waals surface area contributed by atoms with E-state index in [2.05, 4.69) is 12.1 Å². The van der Waals surface area contributed by atoms with Gasteiger partial charge in [-0.05, 0) is 100 Å². The highest BCUT2D eigenvalue weighted by Gasteiger charge is 2.37. The molecule has 0 bridgehead atoms. The average Bonchev–Trinajstić information content (AvgIpc) is 3.68. The van der Waals surface area contributed by atoms with Crippen LogP contribution in [0.25, 0.3) is 95.0 Å². The quantitative estimate of drug-likeness (QED) is 0.149. The van der Waals surface area contributed by atoms with Crippen molar-refractivity contribution in [1.29, 1.82) is 10.5 Å². The largest absolute Gasteiger partial charge is 0.416 e. The van der Waals surface area contributed by atoms with E-state index in [1.807, 2.05) is 126 Å². The number of benzene rings is 8. The highest BCUT2D eigenvalue weighted by Crippen LogP contribution is 2.43. The van der Waals surface area contributed by atoms with Crippen LogP contribution in [0.2, 0.25) is 0 Å². The lowest BCUT2D eigenvalue weighted by Gasteiger charge is -2.18. The molecule has 0 unspecified atom stereocenters. The van der Waals surface area contributed by atoms with E-state index < -0.39 is 23.5 Å². The summed E-state index contributed by atoms with van der Waals surface area (Å²) in [6.45, 7) is 0. The average molecular weight is 889 g/mol. The van der Waals surface area contributed by atoms with E-state index in [0.717, 1.165) is 45.2 Å². The summed E-state index contributed by atoms with van der Waals surface area (Å²) in [5.41, 5.74) is 4.36. The summed E-state index contributed by atoms with van der Waals surface area (Å²) in [5.74, 6) is 0.858. The van der Waals surface area contributed by atoms with Gasteiger partial charge in [0.25, 0.3) is 0 Å². The standard InChI is InChI=1S/C55H30F6N6/c56-54(57,58)43-25-42(26-44(30-43)55(59,60)61)41-21-24-47(53-65-51(37-7-3-1-4-8-37)64-52(66-53)38-9-5-2-6-10-38)50(29-41)67-48-27-39(35-15-11-33(31-62)12-16-35)19-22-45(48)46-23-20-40(28-49(46)67)36-17-13-34(32-63)14-18-36/h1-30H. The van der Waals surface area contributed by atoms with Crippen LogP contribution in [0.3, 0.4) is 0 Å². The molecule has 2 aromatic heterocycles. The Morgan fingerprint density at radius 2 is 0.776 bits per heavy atom. The van der Waals surface area contributed by atoms with Crippen LogP contribution in [-0.4, -0.2) is 19.5 Å². The molecule has 0 amide bonds. The molecular formula is C55H30F6N6. The number of alkyl halides is 6. The van der Waals surface area contributed by atoms with Crippen LogP contribution < -0.4 is 0 Å². The zero-order chi connectivity index (χ0) is 46.5. The molecule has 10 rings (SSSR count). The van der Waals surface area contributed by atoms with Crippen molar-refractivity contribution in [3.63, 3.8) is 0 Å². The van der Waals surface area contributed by atoms with Gasteiger partial charge in [-0.3, -0.25) is 0 Å². The van der Waals surface area contributed by atoms with Gasteiger partial charge in [0, 0.05) is 27.5 Å². The van der Waals surface area contributed by atoms with E-state index in [1.165, 1.54) is 6.07 Å². The smallest absolute Gasteiger partial charge is 0.308 e. The van der Waals surface area contributed by atoms with Gasteiger partial charge in [0.2, 0.25) is 0 Å². The summed E-state index contributed by atoms with van der Waals surface area (Å²) in [5, 5.41) is 20.6. The molecule has 10 aromatic rings. The minimum Gasteiger partial charge on any atom is -0.308 e. The van der Waals surface area contributed by atoms with Gasteiger partial charge in [-0.2, -0.15) is 36.9 Å². The Kier molecular flexibility index (Phi) is 10.4. The number of nitriles is 2. The van der Waals surface area contributed by atoms with Crippen molar-refractivity contribution in [1.82, 2.24) is 19.5 Å². The molecule has 0 fully saturated rings. The normalized spacial score (nSPS) is 11.7. The Bertz CT molecular complexity index is 3400. The van der Waals surface area contributed by atoms with Gasteiger partial charge in [0.1, 0.15) is 0 Å². The molecule has 322 valence electrons. The molecule has 8 aromatic carbocycles. The second kappa shape index (κ2) is 16.6. The summed E-state index contributed by atoms with van der Waals surface area (Å²) in [7, 11) is 0. The van der Waals surface area contributed by atoms with Crippen LogP contribution in [0.5, 0.6) is 0 Å². The van der Waals surface area contributed by atoms with Crippen molar-refractivity contribution in [2.75, 3.05) is 0 Å². The molecule has 0 N–H and O–H groups in total. The van der Waals surface area contributed by atoms with E-state index >= 15 is 0 Å². The summed E-state index contributed by atoms with van der Waals surface area (Å²) in [6.07, 6.45) is -10.2. The molecule has 0 aliphatic carbocycles. The maximum absolute atomic E-state index is 14.4. The van der Waals surface area contributed by atoms with Gasteiger partial charge in [-0.1, -0.05) is 115 Å². The third-order valence-corrected chi connectivity index (χ3v) is 11.6. The van der Waals surface area contributed by atoms with Crippen molar-refractivity contribution in [2.24, 2.45) is 0 Å². The molecule has 67 heavy (non-hydrogen) atoms. The molecule has 0 aliphatic rings. The first-order valence-electron chi connectivity index (χ1n) is 20.8. The van der Waals surface area contributed by atoms with Crippen LogP contribution in [0.1, 0.15) is 22.3 Å². The Morgan fingerprint density at radius 3 is 1.21 bits per heavy atom. The third kappa shape index (κ3) is 8.13. The van der Waals surface area contributed by atoms with E-state index in [0.29, 0.717) is 56.2 Å². The Morgan fingerprint density at radius 1 is 0.373 bits per heavy atom. The number of aromatic nitrogens is 4. The summed E-state index contributed by atoms with van der Waals surface area (Å²) < 4.78 is 88.1. The fourth-order valence-corrected chi connectivity index (χ4v) is 8.25.